The molecule has 0 bridgehead atoms. The summed E-state index contributed by atoms with van der Waals surface area (Å²) in [7, 11) is 0. The van der Waals surface area contributed by atoms with Crippen molar-refractivity contribution in [1.29, 1.82) is 0 Å². The van der Waals surface area contributed by atoms with Crippen molar-refractivity contribution >= 4 is 22.9 Å². The SMILES string of the molecule is CCC1=COC2=C(C)C(=O)C(=O)c3c(C)ccc1c32. The Balaban J connectivity index is 2.44. The maximum atomic E-state index is 12.2. The van der Waals surface area contributed by atoms with Crippen molar-refractivity contribution in [2.45, 2.75) is 27.2 Å². The molecule has 19 heavy (non-hydrogen) atoms. The molecule has 1 aromatic carbocycles. The largest absolute Gasteiger partial charge is 0.464 e. The van der Waals surface area contributed by atoms with E-state index in [9.17, 15) is 9.59 Å². The van der Waals surface area contributed by atoms with E-state index in [1.54, 1.807) is 13.2 Å². The van der Waals surface area contributed by atoms with Gasteiger partial charge in [-0.05, 0) is 37.0 Å². The summed E-state index contributed by atoms with van der Waals surface area (Å²) in [5.74, 6) is -0.344. The van der Waals surface area contributed by atoms with Gasteiger partial charge >= 0.3 is 0 Å². The van der Waals surface area contributed by atoms with Crippen LogP contribution in [-0.4, -0.2) is 11.6 Å². The van der Waals surface area contributed by atoms with Crippen molar-refractivity contribution in [2.24, 2.45) is 0 Å². The average Bonchev–Trinajstić information content (AvgIpc) is 2.42. The molecule has 0 saturated heterocycles. The number of benzene rings is 1. The molecular weight excluding hydrogens is 240 g/mol. The lowest BCUT2D eigenvalue weighted by Crippen LogP contribution is -2.26. The Hall–Kier alpha value is -2.16. The number of aryl methyl sites for hydroxylation is 1. The van der Waals surface area contributed by atoms with Crippen molar-refractivity contribution in [3.8, 4) is 0 Å². The number of ketones is 2. The van der Waals surface area contributed by atoms with Crippen LogP contribution in [0.3, 0.4) is 0 Å². The van der Waals surface area contributed by atoms with Gasteiger partial charge < -0.3 is 4.74 Å². The van der Waals surface area contributed by atoms with Gasteiger partial charge in [0, 0.05) is 16.7 Å². The van der Waals surface area contributed by atoms with Gasteiger partial charge in [-0.3, -0.25) is 9.59 Å². The number of ether oxygens (including phenoxy) is 1. The Bertz CT molecular complexity index is 690. The minimum atomic E-state index is -0.462. The zero-order valence-corrected chi connectivity index (χ0v) is 11.2. The molecule has 0 radical (unpaired) electrons. The average molecular weight is 254 g/mol. The number of hydrogen-bond acceptors (Lipinski definition) is 3. The van der Waals surface area contributed by atoms with Crippen LogP contribution in [0.25, 0.3) is 11.3 Å². The minimum absolute atomic E-state index is 0.399. The lowest BCUT2D eigenvalue weighted by Gasteiger charge is -2.27. The van der Waals surface area contributed by atoms with E-state index >= 15 is 0 Å². The summed E-state index contributed by atoms with van der Waals surface area (Å²) < 4.78 is 5.62. The number of allylic oxidation sites excluding steroid dienone is 2. The van der Waals surface area contributed by atoms with Gasteiger partial charge in [-0.25, -0.2) is 0 Å². The Morgan fingerprint density at radius 3 is 2.47 bits per heavy atom. The lowest BCUT2D eigenvalue weighted by atomic mass is 9.81. The molecule has 1 aromatic rings. The first-order valence-corrected chi connectivity index (χ1v) is 6.36. The summed E-state index contributed by atoms with van der Waals surface area (Å²) in [6, 6.07) is 3.90. The maximum absolute atomic E-state index is 12.2. The van der Waals surface area contributed by atoms with E-state index in [2.05, 4.69) is 0 Å². The van der Waals surface area contributed by atoms with Crippen LogP contribution >= 0.6 is 0 Å². The van der Waals surface area contributed by atoms with Crippen molar-refractivity contribution in [1.82, 2.24) is 0 Å². The second kappa shape index (κ2) is 3.92. The Kier molecular flexibility index (Phi) is 2.45. The number of rotatable bonds is 1. The van der Waals surface area contributed by atoms with E-state index in [0.717, 1.165) is 28.7 Å². The molecule has 0 spiro atoms. The smallest absolute Gasteiger partial charge is 0.234 e. The fraction of sp³-hybridized carbons (Fsp3) is 0.250. The van der Waals surface area contributed by atoms with Crippen molar-refractivity contribution in [2.75, 3.05) is 0 Å². The first-order chi connectivity index (χ1) is 9.06. The molecular formula is C16H14O3. The standard InChI is InChI=1S/C16H14O3/c1-4-10-7-19-16-9(3)14(17)15(18)12-8(2)5-6-11(10)13(12)16/h5-7H,4H2,1-3H3. The molecule has 3 nitrogen and oxygen atoms in total. The van der Waals surface area contributed by atoms with Crippen LogP contribution in [0.5, 0.6) is 0 Å². The molecule has 0 fully saturated rings. The first kappa shape index (κ1) is 11.9. The number of carbonyl (C=O) groups excluding carboxylic acids is 2. The Morgan fingerprint density at radius 1 is 1.05 bits per heavy atom. The van der Waals surface area contributed by atoms with Crippen LogP contribution in [0.15, 0.2) is 24.0 Å². The van der Waals surface area contributed by atoms with E-state index in [4.69, 9.17) is 4.74 Å². The van der Waals surface area contributed by atoms with Crippen LogP contribution < -0.4 is 0 Å². The maximum Gasteiger partial charge on any atom is 0.234 e. The topological polar surface area (TPSA) is 43.4 Å². The molecule has 2 aliphatic rings. The zero-order valence-electron chi connectivity index (χ0n) is 11.2. The molecule has 0 aromatic heterocycles. The number of Topliss-reactive ketones (excluding diaryl/α,β-unsaturated/α-hetero) is 2. The third-order valence-electron chi connectivity index (χ3n) is 3.80. The second-order valence-corrected chi connectivity index (χ2v) is 4.91. The van der Waals surface area contributed by atoms with E-state index in [1.165, 1.54) is 0 Å². The third kappa shape index (κ3) is 1.44. The van der Waals surface area contributed by atoms with Gasteiger partial charge in [0.15, 0.2) is 0 Å². The van der Waals surface area contributed by atoms with Gasteiger partial charge in [-0.1, -0.05) is 19.1 Å². The number of hydrogen-bond donors (Lipinski definition) is 0. The molecule has 0 amide bonds. The summed E-state index contributed by atoms with van der Waals surface area (Å²) in [6.07, 6.45) is 2.51. The van der Waals surface area contributed by atoms with Gasteiger partial charge in [0.1, 0.15) is 5.76 Å². The monoisotopic (exact) mass is 254 g/mol. The molecule has 0 N–H and O–H groups in total. The Morgan fingerprint density at radius 2 is 1.79 bits per heavy atom. The highest BCUT2D eigenvalue weighted by Crippen LogP contribution is 2.41. The highest BCUT2D eigenvalue weighted by molar-refractivity contribution is 6.52. The fourth-order valence-electron chi connectivity index (χ4n) is 2.69. The second-order valence-electron chi connectivity index (χ2n) is 4.91. The van der Waals surface area contributed by atoms with Crippen LogP contribution in [0.1, 0.15) is 47.3 Å². The molecule has 1 aliphatic heterocycles. The number of carbonyl (C=O) groups is 2. The molecule has 96 valence electrons. The van der Waals surface area contributed by atoms with Crippen LogP contribution in [0, 0.1) is 6.92 Å². The van der Waals surface area contributed by atoms with Gasteiger partial charge in [-0.15, -0.1) is 0 Å². The van der Waals surface area contributed by atoms with Crippen molar-refractivity contribution in [3.05, 3.63) is 46.2 Å². The van der Waals surface area contributed by atoms with Gasteiger partial charge in [0.25, 0.3) is 0 Å². The van der Waals surface area contributed by atoms with E-state index in [-0.39, 0.29) is 0 Å². The van der Waals surface area contributed by atoms with Gasteiger partial charge in [0.2, 0.25) is 11.6 Å². The quantitative estimate of drug-likeness (QED) is 0.722. The molecule has 3 rings (SSSR count). The summed E-state index contributed by atoms with van der Waals surface area (Å²) in [5.41, 5.74) is 4.57. The fourth-order valence-corrected chi connectivity index (χ4v) is 2.69. The normalized spacial score (nSPS) is 17.1. The summed E-state index contributed by atoms with van der Waals surface area (Å²) in [4.78, 5) is 24.2. The predicted molar refractivity (Wildman–Crippen MR) is 72.5 cm³/mol. The van der Waals surface area contributed by atoms with Crippen LogP contribution in [0.4, 0.5) is 0 Å². The van der Waals surface area contributed by atoms with E-state index in [1.807, 2.05) is 26.0 Å². The highest BCUT2D eigenvalue weighted by Gasteiger charge is 2.36. The first-order valence-electron chi connectivity index (χ1n) is 6.36. The lowest BCUT2D eigenvalue weighted by molar-refractivity contribution is -0.111. The van der Waals surface area contributed by atoms with E-state index < -0.39 is 11.6 Å². The highest BCUT2D eigenvalue weighted by atomic mass is 16.5. The van der Waals surface area contributed by atoms with Gasteiger partial charge in [-0.2, -0.15) is 0 Å². The molecule has 0 saturated carbocycles. The van der Waals surface area contributed by atoms with E-state index in [0.29, 0.717) is 16.9 Å². The molecule has 1 aliphatic carbocycles. The predicted octanol–water partition coefficient (Wildman–Crippen LogP) is 3.27. The molecule has 3 heteroatoms. The van der Waals surface area contributed by atoms with Gasteiger partial charge in [0.05, 0.1) is 6.26 Å². The molecule has 0 unspecified atom stereocenters. The Labute approximate surface area is 111 Å². The summed E-state index contributed by atoms with van der Waals surface area (Å²) in [5, 5.41) is 0. The minimum Gasteiger partial charge on any atom is -0.464 e. The zero-order chi connectivity index (χ0) is 13.7. The summed E-state index contributed by atoms with van der Waals surface area (Å²) >= 11 is 0. The van der Waals surface area contributed by atoms with Crippen LogP contribution in [-0.2, 0) is 9.53 Å². The molecule has 1 heterocycles. The van der Waals surface area contributed by atoms with Crippen molar-refractivity contribution < 1.29 is 14.3 Å². The third-order valence-corrected chi connectivity index (χ3v) is 3.80. The van der Waals surface area contributed by atoms with Crippen molar-refractivity contribution in [3.63, 3.8) is 0 Å². The van der Waals surface area contributed by atoms with Crippen LogP contribution in [0.2, 0.25) is 0 Å². The molecule has 0 atom stereocenters. The summed E-state index contributed by atoms with van der Waals surface area (Å²) in [6.45, 7) is 5.54.